The van der Waals surface area contributed by atoms with E-state index in [0.717, 1.165) is 0 Å². The van der Waals surface area contributed by atoms with Crippen LogP contribution in [-0.2, 0) is 26.3 Å². The first-order valence-corrected chi connectivity index (χ1v) is 11.1. The summed E-state index contributed by atoms with van der Waals surface area (Å²) < 4.78 is 33.4. The average molecular weight is 493 g/mol. The van der Waals surface area contributed by atoms with Crippen LogP contribution in [-0.4, -0.2) is 48.5 Å². The Bertz CT molecular complexity index is 1200. The van der Waals surface area contributed by atoms with Gasteiger partial charge in [-0.05, 0) is 54.4 Å². The summed E-state index contributed by atoms with van der Waals surface area (Å²) in [6.07, 6.45) is -0.925. The molecular weight excluding hydrogens is 470 g/mol. The van der Waals surface area contributed by atoms with E-state index in [1.54, 1.807) is 23.8 Å². The van der Waals surface area contributed by atoms with E-state index in [-0.39, 0.29) is 23.8 Å². The van der Waals surface area contributed by atoms with Gasteiger partial charge in [0.05, 0.1) is 12.0 Å². The number of hydrogen-bond acceptors (Lipinski definition) is 7. The number of rotatable bonds is 11. The Balaban J connectivity index is 2.00. The van der Waals surface area contributed by atoms with Gasteiger partial charge in [0.15, 0.2) is 5.96 Å². The lowest BCUT2D eigenvalue weighted by molar-refractivity contribution is -0.145. The third-order valence-electron chi connectivity index (χ3n) is 4.35. The first-order valence-electron chi connectivity index (χ1n) is 9.60. The molecule has 0 amide bonds. The molecule has 2 rings (SSSR count). The van der Waals surface area contributed by atoms with E-state index >= 15 is 0 Å². The Kier molecular flexibility index (Phi) is 8.66. The molecule has 0 aromatic heterocycles. The fourth-order valence-corrected chi connectivity index (χ4v) is 3.68. The molecule has 8 N–H and O–H groups in total. The van der Waals surface area contributed by atoms with Crippen molar-refractivity contribution in [2.45, 2.75) is 25.9 Å². The van der Waals surface area contributed by atoms with Gasteiger partial charge in [0, 0.05) is 12.2 Å². The monoisotopic (exact) mass is 493 g/mol. The van der Waals surface area contributed by atoms with Gasteiger partial charge in [0.25, 0.3) is 10.2 Å². The lowest BCUT2D eigenvalue weighted by Crippen LogP contribution is -2.47. The topological polar surface area (TPSA) is 221 Å². The zero-order chi connectivity index (χ0) is 25.5. The van der Waals surface area contributed by atoms with Crippen LogP contribution >= 0.6 is 0 Å². The second-order valence-electron chi connectivity index (χ2n) is 7.02. The van der Waals surface area contributed by atoms with Crippen molar-refractivity contribution in [3.05, 3.63) is 59.2 Å². The van der Waals surface area contributed by atoms with Gasteiger partial charge >= 0.3 is 17.9 Å². The van der Waals surface area contributed by atoms with Crippen LogP contribution in [0.5, 0.6) is 5.75 Å². The lowest BCUT2D eigenvalue weighted by atomic mass is 10.1. The molecule has 0 aliphatic rings. The van der Waals surface area contributed by atoms with Gasteiger partial charge in [0.2, 0.25) is 0 Å². The molecule has 1 atom stereocenters. The minimum atomic E-state index is -4.32. The third-order valence-corrected chi connectivity index (χ3v) is 5.47. The Morgan fingerprint density at radius 3 is 2.29 bits per heavy atom. The van der Waals surface area contributed by atoms with E-state index in [0.29, 0.717) is 16.8 Å². The maximum atomic E-state index is 12.3. The number of aliphatic carboxylic acids is 2. The van der Waals surface area contributed by atoms with Crippen LogP contribution in [0.4, 0.5) is 5.69 Å². The summed E-state index contributed by atoms with van der Waals surface area (Å²) in [6.45, 7) is 1.43. The molecule has 0 spiro atoms. The van der Waals surface area contributed by atoms with Crippen LogP contribution in [0.2, 0.25) is 0 Å². The number of hydrogen-bond donors (Lipinski definition) is 7. The van der Waals surface area contributed by atoms with Gasteiger partial charge in [-0.25, -0.2) is 4.79 Å². The Hall–Kier alpha value is -4.01. The first-order chi connectivity index (χ1) is 15.9. The van der Waals surface area contributed by atoms with Crippen LogP contribution in [0.25, 0.3) is 0 Å². The zero-order valence-electron chi connectivity index (χ0n) is 17.9. The van der Waals surface area contributed by atoms with Crippen molar-refractivity contribution in [1.82, 2.24) is 9.44 Å². The highest BCUT2D eigenvalue weighted by Gasteiger charge is 2.26. The van der Waals surface area contributed by atoms with E-state index in [1.165, 1.54) is 30.3 Å². The average Bonchev–Trinajstić information content (AvgIpc) is 2.72. The molecule has 0 radical (unpaired) electrons. The largest absolute Gasteiger partial charge is 0.481 e. The third kappa shape index (κ3) is 8.16. The summed E-state index contributed by atoms with van der Waals surface area (Å²) in [7, 11) is -4.32. The summed E-state index contributed by atoms with van der Waals surface area (Å²) in [5.41, 5.74) is 7.11. The second kappa shape index (κ2) is 11.2. The Morgan fingerprint density at radius 2 is 1.76 bits per heavy atom. The molecule has 14 heteroatoms. The number of aryl methyl sites for hydroxylation is 1. The molecule has 2 aromatic carbocycles. The van der Waals surface area contributed by atoms with E-state index < -0.39 is 40.6 Å². The normalized spacial score (nSPS) is 11.9. The van der Waals surface area contributed by atoms with Crippen molar-refractivity contribution in [2.24, 2.45) is 5.73 Å². The molecule has 0 fully saturated rings. The van der Waals surface area contributed by atoms with Crippen LogP contribution in [0.3, 0.4) is 0 Å². The number of carbonyl (C=O) groups excluding carboxylic acids is 1. The molecule has 0 heterocycles. The van der Waals surface area contributed by atoms with Crippen molar-refractivity contribution in [3.63, 3.8) is 0 Å². The van der Waals surface area contributed by atoms with Crippen LogP contribution in [0.15, 0.2) is 42.5 Å². The van der Waals surface area contributed by atoms with Crippen molar-refractivity contribution >= 4 is 39.8 Å². The van der Waals surface area contributed by atoms with Gasteiger partial charge in [-0.1, -0.05) is 6.07 Å². The standard InChI is InChI=1S/C20H23N5O8S/c1-11-8-15(33-19(30)12-2-5-14(6-3-12)24-20(21)22)7-4-13(11)10-23-34(31,32)25-16(18(28)29)9-17(26)27/h2-8,16,23,25H,9-10H2,1H3,(H,26,27)(H,28,29)(H4,21,22,24)/t16-/m0/s1. The van der Waals surface area contributed by atoms with Crippen LogP contribution in [0.1, 0.15) is 27.9 Å². The number of benzene rings is 2. The minimum absolute atomic E-state index is 0.213. The number of guanidine groups is 1. The highest BCUT2D eigenvalue weighted by atomic mass is 32.2. The maximum Gasteiger partial charge on any atom is 0.343 e. The van der Waals surface area contributed by atoms with Gasteiger partial charge in [-0.15, -0.1) is 0 Å². The SMILES string of the molecule is Cc1cc(OC(=O)c2ccc(NC(=N)N)cc2)ccc1CNS(=O)(=O)N[C@@H](CC(=O)O)C(=O)O. The predicted molar refractivity (Wildman–Crippen MR) is 121 cm³/mol. The van der Waals surface area contributed by atoms with E-state index in [2.05, 4.69) is 10.0 Å². The van der Waals surface area contributed by atoms with Gasteiger partial charge in [-0.2, -0.15) is 17.9 Å². The molecule has 2 aromatic rings. The Labute approximate surface area is 194 Å². The van der Waals surface area contributed by atoms with E-state index in [1.807, 2.05) is 0 Å². The predicted octanol–water partition coefficient (Wildman–Crippen LogP) is 0.371. The van der Waals surface area contributed by atoms with Gasteiger partial charge in [0.1, 0.15) is 11.8 Å². The molecule has 182 valence electrons. The van der Waals surface area contributed by atoms with Crippen molar-refractivity contribution in [1.29, 1.82) is 5.41 Å². The molecule has 0 bridgehead atoms. The Morgan fingerprint density at radius 1 is 1.12 bits per heavy atom. The molecular formula is C20H23N5O8S. The maximum absolute atomic E-state index is 12.3. The summed E-state index contributed by atoms with van der Waals surface area (Å²) in [5.74, 6) is -3.76. The second-order valence-corrected chi connectivity index (χ2v) is 8.56. The number of esters is 1. The van der Waals surface area contributed by atoms with Crippen LogP contribution < -0.4 is 25.2 Å². The molecule has 0 saturated carbocycles. The smallest absolute Gasteiger partial charge is 0.343 e. The van der Waals surface area contributed by atoms with Crippen molar-refractivity contribution < 1.29 is 37.8 Å². The van der Waals surface area contributed by atoms with Gasteiger partial charge < -0.3 is 26.0 Å². The number of nitrogens with one attached hydrogen (secondary N) is 4. The number of carbonyl (C=O) groups is 3. The van der Waals surface area contributed by atoms with Crippen molar-refractivity contribution in [2.75, 3.05) is 5.32 Å². The quantitative estimate of drug-likeness (QED) is 0.0986. The zero-order valence-corrected chi connectivity index (χ0v) is 18.7. The van der Waals surface area contributed by atoms with Crippen LogP contribution in [0, 0.1) is 12.3 Å². The number of carboxylic acids is 2. The summed E-state index contributed by atoms with van der Waals surface area (Å²) in [5, 5.41) is 27.4. The highest BCUT2D eigenvalue weighted by molar-refractivity contribution is 7.87. The molecule has 0 unspecified atom stereocenters. The molecule has 34 heavy (non-hydrogen) atoms. The molecule has 13 nitrogen and oxygen atoms in total. The number of nitrogens with two attached hydrogens (primary N) is 1. The summed E-state index contributed by atoms with van der Waals surface area (Å²) in [4.78, 5) is 34.1. The molecule has 0 aliphatic heterocycles. The fraction of sp³-hybridized carbons (Fsp3) is 0.200. The van der Waals surface area contributed by atoms with Gasteiger partial charge in [-0.3, -0.25) is 15.0 Å². The molecule has 0 aliphatic carbocycles. The number of anilines is 1. The molecule has 0 saturated heterocycles. The van der Waals surface area contributed by atoms with E-state index in [9.17, 15) is 22.8 Å². The number of ether oxygens (including phenoxy) is 1. The minimum Gasteiger partial charge on any atom is -0.481 e. The van der Waals surface area contributed by atoms with E-state index in [4.69, 9.17) is 26.1 Å². The first kappa shape index (κ1) is 26.2. The highest BCUT2D eigenvalue weighted by Crippen LogP contribution is 2.19. The van der Waals surface area contributed by atoms with Crippen molar-refractivity contribution in [3.8, 4) is 5.75 Å². The fourth-order valence-electron chi connectivity index (χ4n) is 2.70. The summed E-state index contributed by atoms with van der Waals surface area (Å²) in [6, 6.07) is 8.76. The summed E-state index contributed by atoms with van der Waals surface area (Å²) >= 11 is 0. The number of carboxylic acid groups (broad SMARTS) is 2. The lowest BCUT2D eigenvalue weighted by Gasteiger charge is -2.14.